The maximum absolute atomic E-state index is 13.4. The number of nitrogens with one attached hydrogen (secondary N) is 3. The third-order valence-electron chi connectivity index (χ3n) is 13.2. The molecular formula is C52H61FN6O14. The Bertz CT molecular complexity index is 3120. The van der Waals surface area contributed by atoms with Crippen LogP contribution in [0.3, 0.4) is 0 Å². The highest BCUT2D eigenvalue weighted by atomic mass is 19.1. The summed E-state index contributed by atoms with van der Waals surface area (Å²) < 4.78 is 52.2. The second-order valence-electron chi connectivity index (χ2n) is 18.1. The number of methoxy groups -OCH3 is 2. The molecule has 3 fully saturated rings. The van der Waals surface area contributed by atoms with Crippen LogP contribution in [0.15, 0.2) is 126 Å². The first-order valence-corrected chi connectivity index (χ1v) is 23.8. The molecule has 5 N–H and O–H groups in total. The Morgan fingerprint density at radius 3 is 1.45 bits per heavy atom. The molecule has 0 bridgehead atoms. The SMILES string of the molecule is COc1ccc(C(OCC2OC(n3cc(C)c(=O)[nH]c3=O)C[C@H]2C)(c2ccccc2)c2ccc(OC)cc2)cc1.Cc1cn(C2CCC(CO)O2)c(=O)[nH]c1=O.Cc1cn(C2C[C@H](F)C(CO)O2)c(=O)[nH]c1=O. The van der Waals surface area contributed by atoms with E-state index in [1.165, 1.54) is 21.5 Å². The number of hydrogen-bond acceptors (Lipinski definition) is 14. The average Bonchev–Trinajstić information content (AvgIpc) is 4.14. The van der Waals surface area contributed by atoms with Crippen molar-refractivity contribution < 1.29 is 43.0 Å². The number of H-pyrrole nitrogens is 3. The third kappa shape index (κ3) is 12.1. The lowest BCUT2D eigenvalue weighted by Crippen LogP contribution is -2.37. The fraction of sp³-hybridized carbons (Fsp3) is 0.423. The molecular weight excluding hydrogens is 952 g/mol. The van der Waals surface area contributed by atoms with Crippen molar-refractivity contribution in [1.82, 2.24) is 28.7 Å². The minimum absolute atomic E-state index is 0.0172. The van der Waals surface area contributed by atoms with Crippen molar-refractivity contribution in [2.45, 2.75) is 102 Å². The number of alkyl halides is 1. The Morgan fingerprint density at radius 2 is 1.03 bits per heavy atom. The van der Waals surface area contributed by atoms with Crippen LogP contribution in [-0.4, -0.2) is 97.4 Å². The number of aromatic amines is 3. The molecule has 3 aromatic heterocycles. The lowest BCUT2D eigenvalue weighted by atomic mass is 9.80. The van der Waals surface area contributed by atoms with E-state index in [2.05, 4.69) is 34.0 Å². The zero-order valence-corrected chi connectivity index (χ0v) is 41.3. The highest BCUT2D eigenvalue weighted by molar-refractivity contribution is 5.49. The Labute approximate surface area is 417 Å². The van der Waals surface area contributed by atoms with Gasteiger partial charge in [-0.05, 0) is 86.9 Å². The van der Waals surface area contributed by atoms with E-state index < -0.39 is 59.6 Å². The van der Waals surface area contributed by atoms with Crippen molar-refractivity contribution in [3.05, 3.63) is 193 Å². The molecule has 0 aliphatic carbocycles. The minimum atomic E-state index is -1.32. The molecule has 3 aliphatic rings. The molecule has 6 aromatic rings. The zero-order valence-electron chi connectivity index (χ0n) is 41.3. The monoisotopic (exact) mass is 1010 g/mol. The Kier molecular flexibility index (Phi) is 17.5. The van der Waals surface area contributed by atoms with Crippen molar-refractivity contribution in [2.75, 3.05) is 34.0 Å². The molecule has 0 saturated carbocycles. The zero-order chi connectivity index (χ0) is 52.6. The number of aliphatic hydroxyl groups excluding tert-OH is 2. The molecule has 0 amide bonds. The summed E-state index contributed by atoms with van der Waals surface area (Å²) in [6.07, 6.45) is 1.94. The first-order valence-electron chi connectivity index (χ1n) is 23.8. The van der Waals surface area contributed by atoms with E-state index in [0.29, 0.717) is 36.0 Å². The van der Waals surface area contributed by atoms with Crippen LogP contribution in [0.1, 0.15) is 84.7 Å². The van der Waals surface area contributed by atoms with Crippen LogP contribution in [-0.2, 0) is 24.5 Å². The van der Waals surface area contributed by atoms with Crippen LogP contribution in [0.4, 0.5) is 4.39 Å². The van der Waals surface area contributed by atoms with Crippen LogP contribution < -0.4 is 43.2 Å². The van der Waals surface area contributed by atoms with Crippen LogP contribution in [0.2, 0.25) is 0 Å². The summed E-state index contributed by atoms with van der Waals surface area (Å²) in [7, 11) is 3.29. The predicted octanol–water partition coefficient (Wildman–Crippen LogP) is 3.77. The number of aromatic nitrogens is 6. The maximum Gasteiger partial charge on any atom is 0.330 e. The number of hydrogen-bond donors (Lipinski definition) is 5. The number of nitrogens with zero attached hydrogens (tertiary/aromatic N) is 3. The molecule has 0 radical (unpaired) electrons. The first kappa shape index (κ1) is 53.8. The normalized spacial score (nSPS) is 22.5. The van der Waals surface area contributed by atoms with Gasteiger partial charge in [-0.25, -0.2) is 18.8 Å². The molecule has 6 heterocycles. The minimum Gasteiger partial charge on any atom is -0.497 e. The summed E-state index contributed by atoms with van der Waals surface area (Å²) >= 11 is 0. The third-order valence-corrected chi connectivity index (χ3v) is 13.2. The topological polar surface area (TPSA) is 260 Å². The number of aryl methyl sites for hydroxylation is 3. The second-order valence-corrected chi connectivity index (χ2v) is 18.1. The molecule has 6 unspecified atom stereocenters. The summed E-state index contributed by atoms with van der Waals surface area (Å²) in [6.45, 7) is 6.71. The molecule has 9 rings (SSSR count). The summed E-state index contributed by atoms with van der Waals surface area (Å²) in [5.74, 6) is 1.60. The Hall–Kier alpha value is -7.01. The lowest BCUT2D eigenvalue weighted by Gasteiger charge is -2.37. The fourth-order valence-electron chi connectivity index (χ4n) is 8.97. The molecule has 8 atom stereocenters. The van der Waals surface area contributed by atoms with Gasteiger partial charge in [-0.15, -0.1) is 0 Å². The van der Waals surface area contributed by atoms with Crippen LogP contribution >= 0.6 is 0 Å². The van der Waals surface area contributed by atoms with E-state index in [0.717, 1.165) is 32.8 Å². The van der Waals surface area contributed by atoms with Gasteiger partial charge < -0.3 is 38.6 Å². The van der Waals surface area contributed by atoms with Gasteiger partial charge >= 0.3 is 17.1 Å². The van der Waals surface area contributed by atoms with Crippen molar-refractivity contribution >= 4 is 0 Å². The van der Waals surface area contributed by atoms with E-state index in [9.17, 15) is 33.2 Å². The van der Waals surface area contributed by atoms with Crippen molar-refractivity contribution in [3.63, 3.8) is 0 Å². The lowest BCUT2D eigenvalue weighted by molar-refractivity contribution is -0.0837. The largest absolute Gasteiger partial charge is 0.497 e. The molecule has 20 nitrogen and oxygen atoms in total. The smallest absolute Gasteiger partial charge is 0.330 e. The summed E-state index contributed by atoms with van der Waals surface area (Å²) in [5, 5.41) is 17.8. The molecule has 390 valence electrons. The van der Waals surface area contributed by atoms with Crippen LogP contribution in [0.5, 0.6) is 11.5 Å². The molecule has 3 saturated heterocycles. The number of ether oxygens (including phenoxy) is 6. The Morgan fingerprint density at radius 1 is 0.589 bits per heavy atom. The van der Waals surface area contributed by atoms with E-state index in [-0.39, 0.29) is 55.1 Å². The van der Waals surface area contributed by atoms with E-state index in [1.54, 1.807) is 41.2 Å². The van der Waals surface area contributed by atoms with Gasteiger partial charge in [0.05, 0.1) is 46.2 Å². The number of halogens is 1. The van der Waals surface area contributed by atoms with E-state index in [4.69, 9.17) is 38.6 Å². The van der Waals surface area contributed by atoms with Gasteiger partial charge in [0.2, 0.25) is 0 Å². The van der Waals surface area contributed by atoms with Gasteiger partial charge in [-0.3, -0.25) is 43.0 Å². The van der Waals surface area contributed by atoms with Crippen LogP contribution in [0.25, 0.3) is 0 Å². The fourth-order valence-corrected chi connectivity index (χ4v) is 8.97. The van der Waals surface area contributed by atoms with E-state index >= 15 is 0 Å². The summed E-state index contributed by atoms with van der Waals surface area (Å²) in [4.78, 5) is 76.6. The quantitative estimate of drug-likeness (QED) is 0.103. The van der Waals surface area contributed by atoms with E-state index in [1.807, 2.05) is 66.7 Å². The van der Waals surface area contributed by atoms with Crippen molar-refractivity contribution in [2.24, 2.45) is 5.92 Å². The molecule has 3 aromatic carbocycles. The summed E-state index contributed by atoms with van der Waals surface area (Å²) in [6, 6.07) is 25.8. The van der Waals surface area contributed by atoms with Gasteiger partial charge in [0.25, 0.3) is 16.7 Å². The highest BCUT2D eigenvalue weighted by Crippen LogP contribution is 2.43. The summed E-state index contributed by atoms with van der Waals surface area (Å²) in [5.41, 5.74) is 0.284. The second kappa shape index (κ2) is 23.7. The van der Waals surface area contributed by atoms with Gasteiger partial charge in [0, 0.05) is 41.7 Å². The van der Waals surface area contributed by atoms with Gasteiger partial charge in [0.15, 0.2) is 0 Å². The molecule has 0 spiro atoms. The van der Waals surface area contributed by atoms with Gasteiger partial charge in [0.1, 0.15) is 48.1 Å². The standard InChI is InChI=1S/C32H34N2O6.C10H13FN2O4.C10H14N2O4/c1-21-18-29(34-19-22(2)30(35)33-31(34)36)40-28(21)20-39-32(23-8-6-5-7-9-23,24-10-14-26(37-3)15-11-24)25-12-16-27(38-4)17-13-25;1-5-3-13(10(16)12-9(5)15)8-2-6(11)7(4-14)17-8;1-6-4-12(10(15)11-9(6)14)8-3-2-7(5-13)16-8/h5-17,19,21,28-29H,18,20H2,1-4H3,(H,33,35,36);3,6-8,14H,2,4H2,1H3,(H,12,15,16);4,7-8,13H,2-3,5H2,1H3,(H,11,14,15)/t21-,28?,29?;6-,7?,8?;/m10./s1. The Balaban J connectivity index is 0.000000193. The number of aliphatic hydroxyl groups is 2. The van der Waals surface area contributed by atoms with Gasteiger partial charge in [-0.1, -0.05) is 61.5 Å². The molecule has 21 heteroatoms. The first-order chi connectivity index (χ1) is 35.0. The highest BCUT2D eigenvalue weighted by Gasteiger charge is 2.42. The van der Waals surface area contributed by atoms with Crippen molar-refractivity contribution in [3.8, 4) is 11.5 Å². The van der Waals surface area contributed by atoms with Crippen LogP contribution in [0, 0.1) is 26.7 Å². The van der Waals surface area contributed by atoms with Gasteiger partial charge in [-0.2, -0.15) is 0 Å². The van der Waals surface area contributed by atoms with Crippen molar-refractivity contribution in [1.29, 1.82) is 0 Å². The number of benzene rings is 3. The molecule has 3 aliphatic heterocycles. The predicted molar refractivity (Wildman–Crippen MR) is 265 cm³/mol. The molecule has 73 heavy (non-hydrogen) atoms. The maximum atomic E-state index is 13.4. The number of rotatable bonds is 13. The average molecular weight is 1010 g/mol.